The lowest BCUT2D eigenvalue weighted by Crippen LogP contribution is -2.60. The predicted molar refractivity (Wildman–Crippen MR) is 180 cm³/mol. The zero-order valence-electron chi connectivity index (χ0n) is 29.7. The van der Waals surface area contributed by atoms with E-state index in [0.29, 0.717) is 0 Å². The van der Waals surface area contributed by atoms with Gasteiger partial charge in [0.25, 0.3) is 0 Å². The van der Waals surface area contributed by atoms with Crippen molar-refractivity contribution in [2.45, 2.75) is 86.3 Å². The minimum absolute atomic E-state index is 0.0290. The predicted octanol–water partition coefficient (Wildman–Crippen LogP) is -3.23. The summed E-state index contributed by atoms with van der Waals surface area (Å²) in [5, 5.41) is 90.7. The van der Waals surface area contributed by atoms with Crippen molar-refractivity contribution in [1.82, 2.24) is 0 Å². The Labute approximate surface area is 317 Å². The first-order chi connectivity index (χ1) is 26.6. The Balaban J connectivity index is 1.14. The van der Waals surface area contributed by atoms with Gasteiger partial charge in [0.15, 0.2) is 23.4 Å². The number of allylic oxidation sites excluding steroid dienone is 1. The van der Waals surface area contributed by atoms with E-state index in [-0.39, 0.29) is 22.5 Å². The van der Waals surface area contributed by atoms with Crippen LogP contribution in [0.25, 0.3) is 6.08 Å². The second kappa shape index (κ2) is 16.6. The molecule has 6 rings (SSSR count). The first kappa shape index (κ1) is 41.2. The van der Waals surface area contributed by atoms with Crippen molar-refractivity contribution in [3.63, 3.8) is 0 Å². The van der Waals surface area contributed by atoms with Gasteiger partial charge in [0.1, 0.15) is 54.9 Å². The highest BCUT2D eigenvalue weighted by molar-refractivity contribution is 5.95. The number of phenolic OH excluding ortho intramolecular Hbond substituents is 1. The van der Waals surface area contributed by atoms with Crippen molar-refractivity contribution in [3.05, 3.63) is 65.5 Å². The van der Waals surface area contributed by atoms with Crippen LogP contribution in [0.5, 0.6) is 11.5 Å². The Bertz CT molecular complexity index is 1770. The third-order valence-electron chi connectivity index (χ3n) is 10.1. The van der Waals surface area contributed by atoms with E-state index in [9.17, 15) is 60.3 Å². The van der Waals surface area contributed by atoms with Gasteiger partial charge in [-0.3, -0.25) is 0 Å². The molecule has 1 spiro atoms. The average Bonchev–Trinajstić information content (AvgIpc) is 3.73. The molecule has 4 heterocycles. The molecule has 2 fully saturated rings. The number of hydrogen-bond acceptors (Lipinski definition) is 20. The van der Waals surface area contributed by atoms with Crippen LogP contribution in [-0.2, 0) is 47.5 Å². The van der Waals surface area contributed by atoms with Crippen LogP contribution >= 0.6 is 0 Å². The first-order valence-corrected chi connectivity index (χ1v) is 17.4. The van der Waals surface area contributed by atoms with Gasteiger partial charge < -0.3 is 83.9 Å². The summed E-state index contributed by atoms with van der Waals surface area (Å²) < 4.78 is 44.0. The number of hydrogen-bond donors (Lipinski definition) is 9. The Morgan fingerprint density at radius 3 is 2.18 bits per heavy atom. The van der Waals surface area contributed by atoms with E-state index in [1.807, 2.05) is 0 Å². The van der Waals surface area contributed by atoms with Crippen LogP contribution in [0.3, 0.4) is 0 Å². The van der Waals surface area contributed by atoms with Crippen LogP contribution in [0.2, 0.25) is 0 Å². The molecule has 1 aromatic carbocycles. The number of benzene rings is 1. The van der Waals surface area contributed by atoms with Crippen LogP contribution < -0.4 is 4.74 Å². The first-order valence-electron chi connectivity index (χ1n) is 17.4. The summed E-state index contributed by atoms with van der Waals surface area (Å²) in [4.78, 5) is 38.9. The second-order valence-corrected chi connectivity index (χ2v) is 13.6. The van der Waals surface area contributed by atoms with Crippen LogP contribution in [-0.4, -0.2) is 164 Å². The van der Waals surface area contributed by atoms with E-state index in [0.717, 1.165) is 19.4 Å². The van der Waals surface area contributed by atoms with Crippen molar-refractivity contribution < 1.29 is 98.2 Å². The standard InChI is InChI=1S/C36H42O20/c1-14(51-23(40)6-4-15-3-5-20(19(39)9-15)52-34-29(45)27(43)25(41)21(11-37)53-34)17-10-36(56-32(17)48)8-7-16-18(31(47)49-2)13-50-33(24(16)36)55-35-30(46)28(44)26(42)22(12-38)54-35/h3-10,13-14,16,21-22,24-30,33-35,37-39,41-46H,11-12H2,1-2H3/t14-,16+,21+,22+,24+,25+,26+,27-,28-,29+,30+,33-,34+,35-,36+/m0/s1. The molecule has 56 heavy (non-hydrogen) atoms. The molecule has 0 bridgehead atoms. The number of carbonyl (C=O) groups excluding carboxylic acids is 3. The Morgan fingerprint density at radius 1 is 0.911 bits per heavy atom. The highest BCUT2D eigenvalue weighted by Crippen LogP contribution is 2.51. The molecular formula is C36H42O20. The van der Waals surface area contributed by atoms with Gasteiger partial charge in [0.05, 0.1) is 43.6 Å². The maximum absolute atomic E-state index is 13.3. The van der Waals surface area contributed by atoms with Gasteiger partial charge in [0.2, 0.25) is 12.6 Å². The molecular weight excluding hydrogens is 752 g/mol. The van der Waals surface area contributed by atoms with Gasteiger partial charge in [-0.15, -0.1) is 0 Å². The molecule has 1 aromatic rings. The van der Waals surface area contributed by atoms with Crippen molar-refractivity contribution in [2.75, 3.05) is 20.3 Å². The molecule has 2 saturated heterocycles. The van der Waals surface area contributed by atoms with Crippen molar-refractivity contribution in [3.8, 4) is 11.5 Å². The summed E-state index contributed by atoms with van der Waals surface area (Å²) >= 11 is 0. The number of aromatic hydroxyl groups is 1. The number of phenols is 1. The number of aliphatic hydroxyl groups is 8. The van der Waals surface area contributed by atoms with Crippen molar-refractivity contribution in [1.29, 1.82) is 0 Å². The van der Waals surface area contributed by atoms with E-state index >= 15 is 0 Å². The average molecular weight is 795 g/mol. The fourth-order valence-electron chi connectivity index (χ4n) is 7.03. The molecule has 4 aliphatic heterocycles. The lowest BCUT2D eigenvalue weighted by atomic mass is 9.78. The third-order valence-corrected chi connectivity index (χ3v) is 10.1. The molecule has 15 atom stereocenters. The normalized spacial score (nSPS) is 38.3. The molecule has 9 N–H and O–H groups in total. The maximum atomic E-state index is 13.3. The van der Waals surface area contributed by atoms with Crippen molar-refractivity contribution >= 4 is 24.0 Å². The summed E-state index contributed by atoms with van der Waals surface area (Å²) in [6.07, 6.45) is -10.8. The summed E-state index contributed by atoms with van der Waals surface area (Å²) in [7, 11) is 1.15. The third kappa shape index (κ3) is 7.78. The lowest BCUT2D eigenvalue weighted by Gasteiger charge is -2.44. The quantitative estimate of drug-likeness (QED) is 0.0460. The molecule has 0 aromatic heterocycles. The number of aliphatic hydroxyl groups excluding tert-OH is 8. The molecule has 0 unspecified atom stereocenters. The number of carbonyl (C=O) groups is 3. The van der Waals surface area contributed by atoms with Gasteiger partial charge in [-0.2, -0.15) is 0 Å². The van der Waals surface area contributed by atoms with Crippen LogP contribution in [0, 0.1) is 11.8 Å². The molecule has 20 heteroatoms. The molecule has 1 aliphatic carbocycles. The van der Waals surface area contributed by atoms with Crippen LogP contribution in [0.15, 0.2) is 59.9 Å². The number of fused-ring (bicyclic) bond motifs is 2. The lowest BCUT2D eigenvalue weighted by molar-refractivity contribution is -0.344. The Hall–Kier alpha value is -4.45. The van der Waals surface area contributed by atoms with Crippen LogP contribution in [0.4, 0.5) is 0 Å². The van der Waals surface area contributed by atoms with E-state index < -0.39 is 128 Å². The smallest absolute Gasteiger partial charge is 0.338 e. The van der Waals surface area contributed by atoms with Crippen LogP contribution in [0.1, 0.15) is 12.5 Å². The Kier molecular flexibility index (Phi) is 12.2. The minimum Gasteiger partial charge on any atom is -0.504 e. The fourth-order valence-corrected chi connectivity index (χ4v) is 7.03. The number of rotatable bonds is 11. The molecule has 0 amide bonds. The van der Waals surface area contributed by atoms with Gasteiger partial charge in [-0.25, -0.2) is 14.4 Å². The molecule has 5 aliphatic rings. The topological polar surface area (TPSA) is 307 Å². The molecule has 0 saturated carbocycles. The van der Waals surface area contributed by atoms with E-state index in [1.54, 1.807) is 6.08 Å². The van der Waals surface area contributed by atoms with E-state index in [4.69, 9.17) is 37.9 Å². The zero-order valence-corrected chi connectivity index (χ0v) is 29.7. The fraction of sp³-hybridized carbons (Fsp3) is 0.528. The number of methoxy groups -OCH3 is 1. The monoisotopic (exact) mass is 794 g/mol. The summed E-state index contributed by atoms with van der Waals surface area (Å²) in [5.41, 5.74) is -1.44. The number of esters is 3. The maximum Gasteiger partial charge on any atom is 0.338 e. The summed E-state index contributed by atoms with van der Waals surface area (Å²) in [5.74, 6) is -5.12. The highest BCUT2D eigenvalue weighted by Gasteiger charge is 2.60. The number of ether oxygens (including phenoxy) is 8. The van der Waals surface area contributed by atoms with Gasteiger partial charge in [-0.1, -0.05) is 12.1 Å². The van der Waals surface area contributed by atoms with Crippen molar-refractivity contribution in [2.24, 2.45) is 11.8 Å². The summed E-state index contributed by atoms with van der Waals surface area (Å²) in [6, 6.07) is 3.89. The zero-order chi connectivity index (χ0) is 40.6. The summed E-state index contributed by atoms with van der Waals surface area (Å²) in [6.45, 7) is -0.000888. The van der Waals surface area contributed by atoms with E-state index in [2.05, 4.69) is 0 Å². The van der Waals surface area contributed by atoms with Gasteiger partial charge in [-0.05, 0) is 42.8 Å². The highest BCUT2D eigenvalue weighted by atomic mass is 16.8. The molecule has 306 valence electrons. The van der Waals surface area contributed by atoms with Gasteiger partial charge >= 0.3 is 17.9 Å². The molecule has 0 radical (unpaired) electrons. The largest absolute Gasteiger partial charge is 0.504 e. The Morgan fingerprint density at radius 2 is 1.55 bits per heavy atom. The second-order valence-electron chi connectivity index (χ2n) is 13.6. The minimum atomic E-state index is -1.80. The SMILES string of the molecule is COC(=O)C1=CO[C@@H](O[C@@H]2O[C@H](CO)[C@@H](O)[C@H](O)[C@H]2O)[C@H]2[C@@H]1C=C[C@@]21C=C([C@H](C)OC(=O)C=Cc2ccc(O[C@@H]3O[C@H](CO)[C@@H](O)[C@H](O)[C@H]3O)c(O)c2)C(=O)O1. The van der Waals surface area contributed by atoms with E-state index in [1.165, 1.54) is 43.4 Å². The molecule has 20 nitrogen and oxygen atoms in total. The van der Waals surface area contributed by atoms with Gasteiger partial charge in [0, 0.05) is 12.0 Å².